The molecule has 3 heteroatoms. The van der Waals surface area contributed by atoms with Gasteiger partial charge in [-0.15, -0.1) is 0 Å². The summed E-state index contributed by atoms with van der Waals surface area (Å²) in [6.07, 6.45) is 0.664. The Morgan fingerprint density at radius 2 is 1.56 bits per heavy atom. The first kappa shape index (κ1) is 5.65. The van der Waals surface area contributed by atoms with Crippen molar-refractivity contribution in [2.24, 2.45) is 0 Å². The van der Waals surface area contributed by atoms with Crippen LogP contribution in [0.25, 0.3) is 0 Å². The Morgan fingerprint density at radius 1 is 1.00 bits per heavy atom. The molecule has 2 rings (SSSR count). The topological polar surface area (TPSA) is 30.5 Å². The Morgan fingerprint density at radius 3 is 2.11 bits per heavy atom. The molecule has 2 aliphatic rings. The molecule has 0 aromatic heterocycles. The Hall–Kier alpha value is -0.120. The monoisotopic (exact) mass is 129 g/mol. The molecule has 2 heterocycles. The molecule has 3 nitrogen and oxygen atoms in total. The van der Waals surface area contributed by atoms with Crippen molar-refractivity contribution in [1.29, 1.82) is 0 Å². The third-order valence-electron chi connectivity index (χ3n) is 1.85. The van der Waals surface area contributed by atoms with E-state index in [2.05, 4.69) is 5.32 Å². The van der Waals surface area contributed by atoms with Crippen molar-refractivity contribution in [3.8, 4) is 0 Å². The molecule has 0 bridgehead atoms. The molecule has 0 radical (unpaired) electrons. The Labute approximate surface area is 54.3 Å². The third kappa shape index (κ3) is 0.956. The van der Waals surface area contributed by atoms with Gasteiger partial charge in [0.1, 0.15) is 0 Å². The standard InChI is InChI=1S/C6H11NO2/c1-2-9-6-4-7-3-5(6)8-1/h5-7H,1-4H2/t5-,6-/m0/s1. The fourth-order valence-electron chi connectivity index (χ4n) is 1.36. The van der Waals surface area contributed by atoms with Gasteiger partial charge in [-0.1, -0.05) is 0 Å². The molecule has 1 N–H and O–H groups in total. The molecule has 0 spiro atoms. The summed E-state index contributed by atoms with van der Waals surface area (Å²) in [5.41, 5.74) is 0. The maximum absolute atomic E-state index is 5.41. The summed E-state index contributed by atoms with van der Waals surface area (Å²) in [7, 11) is 0. The lowest BCUT2D eigenvalue weighted by Gasteiger charge is -2.24. The van der Waals surface area contributed by atoms with Gasteiger partial charge in [-0.05, 0) is 0 Å². The second kappa shape index (κ2) is 2.25. The molecule has 0 saturated carbocycles. The van der Waals surface area contributed by atoms with Crippen molar-refractivity contribution in [3.63, 3.8) is 0 Å². The van der Waals surface area contributed by atoms with Gasteiger partial charge < -0.3 is 14.8 Å². The average molecular weight is 129 g/mol. The molecule has 9 heavy (non-hydrogen) atoms. The van der Waals surface area contributed by atoms with Gasteiger partial charge in [-0.3, -0.25) is 0 Å². The predicted molar refractivity (Wildman–Crippen MR) is 32.3 cm³/mol. The van der Waals surface area contributed by atoms with E-state index in [4.69, 9.17) is 9.47 Å². The highest BCUT2D eigenvalue weighted by Crippen LogP contribution is 2.12. The summed E-state index contributed by atoms with van der Waals surface area (Å²) in [4.78, 5) is 0. The van der Waals surface area contributed by atoms with Crippen LogP contribution in [-0.4, -0.2) is 38.5 Å². The Bertz CT molecular complexity index is 95.2. The zero-order valence-electron chi connectivity index (χ0n) is 5.30. The lowest BCUT2D eigenvalue weighted by atomic mass is 10.2. The number of fused-ring (bicyclic) bond motifs is 1. The van der Waals surface area contributed by atoms with Gasteiger partial charge in [0.15, 0.2) is 0 Å². The quantitative estimate of drug-likeness (QED) is 0.472. The van der Waals surface area contributed by atoms with Crippen LogP contribution >= 0.6 is 0 Å². The molecule has 0 unspecified atom stereocenters. The van der Waals surface area contributed by atoms with E-state index < -0.39 is 0 Å². The highest BCUT2D eigenvalue weighted by atomic mass is 16.6. The molecule has 0 aromatic carbocycles. The van der Waals surface area contributed by atoms with Gasteiger partial charge in [0.2, 0.25) is 0 Å². The number of nitrogens with one attached hydrogen (secondary N) is 1. The summed E-state index contributed by atoms with van der Waals surface area (Å²) in [5, 5.41) is 3.21. The van der Waals surface area contributed by atoms with E-state index in [9.17, 15) is 0 Å². The van der Waals surface area contributed by atoms with Gasteiger partial charge in [0.25, 0.3) is 0 Å². The molecule has 0 aromatic rings. The van der Waals surface area contributed by atoms with E-state index in [1.807, 2.05) is 0 Å². The van der Waals surface area contributed by atoms with Crippen molar-refractivity contribution in [1.82, 2.24) is 5.32 Å². The second-order valence-electron chi connectivity index (χ2n) is 2.48. The normalized spacial score (nSPS) is 42.7. The van der Waals surface area contributed by atoms with Crippen LogP contribution in [0, 0.1) is 0 Å². The van der Waals surface area contributed by atoms with Crippen LogP contribution in [0.5, 0.6) is 0 Å². The van der Waals surface area contributed by atoms with Crippen LogP contribution < -0.4 is 5.32 Å². The van der Waals surface area contributed by atoms with Crippen LogP contribution in [0.15, 0.2) is 0 Å². The fourth-order valence-corrected chi connectivity index (χ4v) is 1.36. The van der Waals surface area contributed by atoms with Crippen molar-refractivity contribution >= 4 is 0 Å². The number of ether oxygens (including phenoxy) is 2. The van der Waals surface area contributed by atoms with Gasteiger partial charge >= 0.3 is 0 Å². The van der Waals surface area contributed by atoms with Crippen LogP contribution in [0.2, 0.25) is 0 Å². The van der Waals surface area contributed by atoms with E-state index in [1.165, 1.54) is 0 Å². The highest BCUT2D eigenvalue weighted by molar-refractivity contribution is 4.84. The van der Waals surface area contributed by atoms with Gasteiger partial charge in [-0.2, -0.15) is 0 Å². The largest absolute Gasteiger partial charge is 0.372 e. The van der Waals surface area contributed by atoms with Crippen molar-refractivity contribution < 1.29 is 9.47 Å². The maximum atomic E-state index is 5.41. The summed E-state index contributed by atoms with van der Waals surface area (Å²) >= 11 is 0. The molecular formula is C6H11NO2. The van der Waals surface area contributed by atoms with E-state index in [1.54, 1.807) is 0 Å². The molecule has 52 valence electrons. The van der Waals surface area contributed by atoms with Gasteiger partial charge in [-0.25, -0.2) is 0 Å². The lowest BCUT2D eigenvalue weighted by Crippen LogP contribution is -2.36. The molecule has 2 aliphatic heterocycles. The van der Waals surface area contributed by atoms with E-state index in [-0.39, 0.29) is 0 Å². The van der Waals surface area contributed by atoms with Crippen LogP contribution in [0.1, 0.15) is 0 Å². The Balaban J connectivity index is 1.97. The van der Waals surface area contributed by atoms with Crippen molar-refractivity contribution in [2.45, 2.75) is 12.2 Å². The first-order valence-corrected chi connectivity index (χ1v) is 3.41. The number of rotatable bonds is 0. The summed E-state index contributed by atoms with van der Waals surface area (Å²) < 4.78 is 10.8. The lowest BCUT2D eigenvalue weighted by molar-refractivity contribution is -0.116. The van der Waals surface area contributed by atoms with Crippen LogP contribution in [-0.2, 0) is 9.47 Å². The van der Waals surface area contributed by atoms with E-state index in [0.29, 0.717) is 12.2 Å². The zero-order chi connectivity index (χ0) is 6.10. The summed E-state index contributed by atoms with van der Waals surface area (Å²) in [6, 6.07) is 0. The first-order chi connectivity index (χ1) is 4.47. The average Bonchev–Trinajstić information content (AvgIpc) is 2.33. The molecule has 2 fully saturated rings. The summed E-state index contributed by atoms with van der Waals surface area (Å²) in [5.74, 6) is 0. The van der Waals surface area contributed by atoms with Crippen molar-refractivity contribution in [2.75, 3.05) is 26.3 Å². The van der Waals surface area contributed by atoms with Crippen molar-refractivity contribution in [3.05, 3.63) is 0 Å². The SMILES string of the molecule is C1CO[C@H]2CNC[C@@H]2O1. The predicted octanol–water partition coefficient (Wildman–Crippen LogP) is -0.626. The molecule has 0 aliphatic carbocycles. The summed E-state index contributed by atoms with van der Waals surface area (Å²) in [6.45, 7) is 3.46. The zero-order valence-corrected chi connectivity index (χ0v) is 5.30. The third-order valence-corrected chi connectivity index (χ3v) is 1.85. The Kier molecular flexibility index (Phi) is 1.41. The van der Waals surface area contributed by atoms with E-state index in [0.717, 1.165) is 26.3 Å². The second-order valence-corrected chi connectivity index (χ2v) is 2.48. The fraction of sp³-hybridized carbons (Fsp3) is 1.00. The molecule has 2 atom stereocenters. The maximum Gasteiger partial charge on any atom is 0.0974 e. The molecule has 2 saturated heterocycles. The minimum Gasteiger partial charge on any atom is -0.372 e. The minimum absolute atomic E-state index is 0.332. The molecular weight excluding hydrogens is 118 g/mol. The molecule has 0 amide bonds. The van der Waals surface area contributed by atoms with Crippen LogP contribution in [0.3, 0.4) is 0 Å². The van der Waals surface area contributed by atoms with Gasteiger partial charge in [0.05, 0.1) is 25.4 Å². The van der Waals surface area contributed by atoms with Gasteiger partial charge in [0, 0.05) is 13.1 Å². The minimum atomic E-state index is 0.332. The smallest absolute Gasteiger partial charge is 0.0974 e. The number of hydrogen-bond acceptors (Lipinski definition) is 3. The van der Waals surface area contributed by atoms with Crippen LogP contribution in [0.4, 0.5) is 0 Å². The highest BCUT2D eigenvalue weighted by Gasteiger charge is 2.30. The van der Waals surface area contributed by atoms with E-state index >= 15 is 0 Å². The number of hydrogen-bond donors (Lipinski definition) is 1. The first-order valence-electron chi connectivity index (χ1n) is 3.41.